The van der Waals surface area contributed by atoms with Crippen LogP contribution in [-0.2, 0) is 11.3 Å². The second kappa shape index (κ2) is 6.57. The zero-order valence-electron chi connectivity index (χ0n) is 13.6. The summed E-state index contributed by atoms with van der Waals surface area (Å²) in [5.41, 5.74) is 4.03. The molecule has 1 aromatic rings. The smallest absolute Gasteiger partial charge is 0.135 e. The van der Waals surface area contributed by atoms with Gasteiger partial charge in [-0.15, -0.1) is 0 Å². The Morgan fingerprint density at radius 3 is 2.24 bits per heavy atom. The summed E-state index contributed by atoms with van der Waals surface area (Å²) in [7, 11) is 0. The van der Waals surface area contributed by atoms with E-state index in [9.17, 15) is 4.79 Å². The zero-order valence-corrected chi connectivity index (χ0v) is 13.6. The average molecular weight is 285 g/mol. The van der Waals surface area contributed by atoms with Gasteiger partial charge in [0.25, 0.3) is 0 Å². The van der Waals surface area contributed by atoms with E-state index >= 15 is 0 Å². The van der Waals surface area contributed by atoms with Gasteiger partial charge in [0.2, 0.25) is 0 Å². The minimum absolute atomic E-state index is 0.274. The van der Waals surface area contributed by atoms with Gasteiger partial charge in [0.1, 0.15) is 5.78 Å². The number of ketones is 1. The van der Waals surface area contributed by atoms with Crippen molar-refractivity contribution in [2.45, 2.75) is 46.6 Å². The molecule has 2 rings (SSSR count). The van der Waals surface area contributed by atoms with E-state index in [1.165, 1.54) is 16.7 Å². The first-order valence-corrected chi connectivity index (χ1v) is 7.85. The second-order valence-corrected chi connectivity index (χ2v) is 7.35. The van der Waals surface area contributed by atoms with Gasteiger partial charge in [0.15, 0.2) is 0 Å². The fourth-order valence-corrected chi connectivity index (χ4v) is 2.81. The normalized spacial score (nSPS) is 17.0. The number of hydrogen-bond acceptors (Lipinski definition) is 2. The SMILES string of the molecule is C=C(CC(C)(C)C)c1ccc(CN2CCC(=O)CC2)cc1. The van der Waals surface area contributed by atoms with Gasteiger partial charge in [-0.25, -0.2) is 0 Å². The first-order chi connectivity index (χ1) is 9.83. The minimum atomic E-state index is 0.274. The van der Waals surface area contributed by atoms with Crippen LogP contribution in [-0.4, -0.2) is 23.8 Å². The molecule has 0 unspecified atom stereocenters. The quantitative estimate of drug-likeness (QED) is 0.822. The fourth-order valence-electron chi connectivity index (χ4n) is 2.81. The van der Waals surface area contributed by atoms with Crippen LogP contribution in [0.15, 0.2) is 30.8 Å². The summed E-state index contributed by atoms with van der Waals surface area (Å²) in [6.45, 7) is 13.7. The third-order valence-corrected chi connectivity index (χ3v) is 3.93. The van der Waals surface area contributed by atoms with Gasteiger partial charge in [-0.2, -0.15) is 0 Å². The molecule has 114 valence electrons. The topological polar surface area (TPSA) is 20.3 Å². The van der Waals surface area contributed by atoms with Crippen LogP contribution in [0, 0.1) is 5.41 Å². The first kappa shape index (κ1) is 16.0. The maximum atomic E-state index is 11.3. The molecule has 1 aliphatic heterocycles. The van der Waals surface area contributed by atoms with Crippen LogP contribution >= 0.6 is 0 Å². The van der Waals surface area contributed by atoms with Gasteiger partial charge in [-0.1, -0.05) is 51.6 Å². The summed E-state index contributed by atoms with van der Waals surface area (Å²) in [6.07, 6.45) is 2.43. The number of likely N-dealkylation sites (tertiary alicyclic amines) is 1. The minimum Gasteiger partial charge on any atom is -0.300 e. The molecule has 0 N–H and O–H groups in total. The molecule has 0 radical (unpaired) electrons. The predicted octanol–water partition coefficient (Wildman–Crippen LogP) is 4.30. The number of allylic oxidation sites excluding steroid dienone is 1. The lowest BCUT2D eigenvalue weighted by atomic mass is 9.86. The summed E-state index contributed by atoms with van der Waals surface area (Å²) in [5.74, 6) is 0.403. The maximum Gasteiger partial charge on any atom is 0.135 e. The Balaban J connectivity index is 1.93. The highest BCUT2D eigenvalue weighted by molar-refractivity contribution is 5.79. The van der Waals surface area contributed by atoms with Crippen molar-refractivity contribution in [2.75, 3.05) is 13.1 Å². The third kappa shape index (κ3) is 5.13. The number of rotatable bonds is 4. The number of hydrogen-bond donors (Lipinski definition) is 0. The maximum absolute atomic E-state index is 11.3. The van der Waals surface area contributed by atoms with Crippen LogP contribution in [0.1, 0.15) is 51.2 Å². The molecule has 0 aliphatic carbocycles. The van der Waals surface area contributed by atoms with E-state index in [2.05, 4.69) is 56.5 Å². The molecule has 0 spiro atoms. The molecule has 0 bridgehead atoms. The number of Topliss-reactive ketones (excluding diaryl/α,β-unsaturated/α-hetero) is 1. The van der Waals surface area contributed by atoms with E-state index in [1.807, 2.05) is 0 Å². The van der Waals surface area contributed by atoms with E-state index in [1.54, 1.807) is 0 Å². The monoisotopic (exact) mass is 285 g/mol. The van der Waals surface area contributed by atoms with Crippen molar-refractivity contribution in [1.82, 2.24) is 4.90 Å². The fraction of sp³-hybridized carbons (Fsp3) is 0.526. The largest absolute Gasteiger partial charge is 0.300 e. The molecule has 0 aromatic heterocycles. The van der Waals surface area contributed by atoms with E-state index in [0.29, 0.717) is 18.6 Å². The average Bonchev–Trinajstić information content (AvgIpc) is 2.40. The Kier molecular flexibility index (Phi) is 5.00. The van der Waals surface area contributed by atoms with Crippen LogP contribution in [0.3, 0.4) is 0 Å². The van der Waals surface area contributed by atoms with Crippen molar-refractivity contribution in [1.29, 1.82) is 0 Å². The lowest BCUT2D eigenvalue weighted by molar-refractivity contribution is -0.121. The van der Waals surface area contributed by atoms with Crippen molar-refractivity contribution in [2.24, 2.45) is 5.41 Å². The molecule has 0 saturated carbocycles. The molecule has 0 amide bonds. The molecular weight excluding hydrogens is 258 g/mol. The third-order valence-electron chi connectivity index (χ3n) is 3.93. The van der Waals surface area contributed by atoms with Crippen molar-refractivity contribution >= 4 is 11.4 Å². The predicted molar refractivity (Wildman–Crippen MR) is 89.1 cm³/mol. The van der Waals surface area contributed by atoms with E-state index in [0.717, 1.165) is 26.1 Å². The van der Waals surface area contributed by atoms with Crippen molar-refractivity contribution in [3.8, 4) is 0 Å². The molecule has 2 nitrogen and oxygen atoms in total. The molecule has 2 heteroatoms. The van der Waals surface area contributed by atoms with Gasteiger partial charge < -0.3 is 0 Å². The lowest BCUT2D eigenvalue weighted by Crippen LogP contribution is -2.33. The van der Waals surface area contributed by atoms with Gasteiger partial charge in [-0.3, -0.25) is 9.69 Å². The number of carbonyl (C=O) groups excluding carboxylic acids is 1. The van der Waals surface area contributed by atoms with Crippen LogP contribution in [0.5, 0.6) is 0 Å². The number of piperidine rings is 1. The summed E-state index contributed by atoms with van der Waals surface area (Å²) in [4.78, 5) is 13.6. The molecule has 1 heterocycles. The van der Waals surface area contributed by atoms with Gasteiger partial charge in [0, 0.05) is 32.5 Å². The Hall–Kier alpha value is -1.41. The number of nitrogens with zero attached hydrogens (tertiary/aromatic N) is 1. The highest BCUT2D eigenvalue weighted by Crippen LogP contribution is 2.29. The van der Waals surface area contributed by atoms with Crippen molar-refractivity contribution in [3.63, 3.8) is 0 Å². The Morgan fingerprint density at radius 1 is 1.14 bits per heavy atom. The second-order valence-electron chi connectivity index (χ2n) is 7.35. The zero-order chi connectivity index (χ0) is 15.5. The lowest BCUT2D eigenvalue weighted by Gasteiger charge is -2.26. The van der Waals surface area contributed by atoms with Gasteiger partial charge in [-0.05, 0) is 28.5 Å². The summed E-state index contributed by atoms with van der Waals surface area (Å²) < 4.78 is 0. The Bertz CT molecular complexity index is 497. The Morgan fingerprint density at radius 2 is 1.71 bits per heavy atom. The molecule has 1 aliphatic rings. The van der Waals surface area contributed by atoms with Crippen LogP contribution in [0.25, 0.3) is 5.57 Å². The highest BCUT2D eigenvalue weighted by atomic mass is 16.1. The number of benzene rings is 1. The Labute approximate surface area is 128 Å². The van der Waals surface area contributed by atoms with Crippen LogP contribution in [0.2, 0.25) is 0 Å². The first-order valence-electron chi connectivity index (χ1n) is 7.85. The number of carbonyl (C=O) groups is 1. The highest BCUT2D eigenvalue weighted by Gasteiger charge is 2.16. The molecular formula is C19H27NO. The molecule has 1 fully saturated rings. The summed E-state index contributed by atoms with van der Waals surface area (Å²) in [6, 6.07) is 8.75. The molecule has 1 saturated heterocycles. The van der Waals surface area contributed by atoms with Crippen molar-refractivity contribution in [3.05, 3.63) is 42.0 Å². The van der Waals surface area contributed by atoms with E-state index in [-0.39, 0.29) is 5.41 Å². The molecule has 1 aromatic carbocycles. The molecule has 21 heavy (non-hydrogen) atoms. The summed E-state index contributed by atoms with van der Waals surface area (Å²) in [5, 5.41) is 0. The summed E-state index contributed by atoms with van der Waals surface area (Å²) >= 11 is 0. The van der Waals surface area contributed by atoms with E-state index < -0.39 is 0 Å². The van der Waals surface area contributed by atoms with Crippen LogP contribution < -0.4 is 0 Å². The standard InChI is InChI=1S/C19H27NO/c1-15(13-19(2,3)4)17-7-5-16(6-8-17)14-20-11-9-18(21)10-12-20/h5-8H,1,9-14H2,2-4H3. The van der Waals surface area contributed by atoms with Crippen molar-refractivity contribution < 1.29 is 4.79 Å². The van der Waals surface area contributed by atoms with Gasteiger partial charge >= 0.3 is 0 Å². The van der Waals surface area contributed by atoms with E-state index in [4.69, 9.17) is 0 Å². The van der Waals surface area contributed by atoms with Gasteiger partial charge in [0.05, 0.1) is 0 Å². The molecule has 0 atom stereocenters. The van der Waals surface area contributed by atoms with Crippen LogP contribution in [0.4, 0.5) is 0 Å².